The fourth-order valence-electron chi connectivity index (χ4n) is 1.37. The van der Waals surface area contributed by atoms with Crippen LogP contribution in [0.25, 0.3) is 0 Å². The molecule has 0 aliphatic carbocycles. The number of benzene rings is 1. The van der Waals surface area contributed by atoms with Gasteiger partial charge in [0, 0.05) is 19.1 Å². The number of aliphatic hydroxyl groups excluding tert-OH is 2. The van der Waals surface area contributed by atoms with Crippen molar-refractivity contribution in [2.45, 2.75) is 26.1 Å². The van der Waals surface area contributed by atoms with Crippen LogP contribution in [0.1, 0.15) is 18.9 Å². The van der Waals surface area contributed by atoms with Crippen LogP contribution in [0.3, 0.4) is 0 Å². The van der Waals surface area contributed by atoms with Crippen LogP contribution in [-0.4, -0.2) is 29.5 Å². The van der Waals surface area contributed by atoms with Crippen molar-refractivity contribution >= 4 is 0 Å². The monoisotopic (exact) mass is 224 g/mol. The van der Waals surface area contributed by atoms with Gasteiger partial charge in [-0.1, -0.05) is 37.3 Å². The van der Waals surface area contributed by atoms with Crippen molar-refractivity contribution in [3.63, 3.8) is 0 Å². The van der Waals surface area contributed by atoms with E-state index in [1.807, 2.05) is 37.3 Å². The Morgan fingerprint density at radius 3 is 2.56 bits per heavy atom. The van der Waals surface area contributed by atoms with E-state index in [1.165, 1.54) is 0 Å². The minimum Gasteiger partial charge on any atom is -0.396 e. The van der Waals surface area contributed by atoms with Crippen LogP contribution in [0.2, 0.25) is 0 Å². The first-order valence-electron chi connectivity index (χ1n) is 5.64. The highest BCUT2D eigenvalue weighted by Gasteiger charge is 2.12. The lowest BCUT2D eigenvalue weighted by Gasteiger charge is -2.16. The molecule has 1 aromatic rings. The molecule has 0 fully saturated rings. The largest absolute Gasteiger partial charge is 0.396 e. The molecule has 2 atom stereocenters. The molecule has 0 saturated carbocycles. The lowest BCUT2D eigenvalue weighted by Crippen LogP contribution is -2.22. The Balaban J connectivity index is 2.13. The van der Waals surface area contributed by atoms with Crippen LogP contribution in [0.5, 0.6) is 0 Å². The fraction of sp³-hybridized carbons (Fsp3) is 0.538. The quantitative estimate of drug-likeness (QED) is 0.691. The Hall–Kier alpha value is -0.900. The maximum absolute atomic E-state index is 9.57. The van der Waals surface area contributed by atoms with Crippen LogP contribution >= 0.6 is 0 Å². The van der Waals surface area contributed by atoms with Gasteiger partial charge in [-0.25, -0.2) is 0 Å². The number of hydrogen-bond acceptors (Lipinski definition) is 3. The molecule has 1 rings (SSSR count). The van der Waals surface area contributed by atoms with Crippen molar-refractivity contribution in [2.24, 2.45) is 5.92 Å². The van der Waals surface area contributed by atoms with Crippen molar-refractivity contribution < 1.29 is 14.9 Å². The zero-order valence-electron chi connectivity index (χ0n) is 9.67. The molecule has 0 bridgehead atoms. The SMILES string of the molecule is C[C@@H](CO)[C@@H](O)CCOCc1ccccc1. The number of hydrogen-bond donors (Lipinski definition) is 2. The molecule has 0 amide bonds. The van der Waals surface area contributed by atoms with Crippen molar-refractivity contribution in [2.75, 3.05) is 13.2 Å². The first-order valence-corrected chi connectivity index (χ1v) is 5.64. The second-order valence-electron chi connectivity index (χ2n) is 4.05. The molecule has 0 heterocycles. The molecule has 2 N–H and O–H groups in total. The van der Waals surface area contributed by atoms with Gasteiger partial charge in [0.2, 0.25) is 0 Å². The Morgan fingerprint density at radius 1 is 1.25 bits per heavy atom. The minimum atomic E-state index is -0.485. The van der Waals surface area contributed by atoms with E-state index in [1.54, 1.807) is 0 Å². The minimum absolute atomic E-state index is 0.0137. The van der Waals surface area contributed by atoms with E-state index in [0.717, 1.165) is 5.56 Å². The topological polar surface area (TPSA) is 49.7 Å². The third-order valence-electron chi connectivity index (χ3n) is 2.61. The molecule has 1 aromatic carbocycles. The van der Waals surface area contributed by atoms with Crippen molar-refractivity contribution in [1.82, 2.24) is 0 Å². The molecule has 90 valence electrons. The summed E-state index contributed by atoms with van der Waals surface area (Å²) < 4.78 is 5.44. The summed E-state index contributed by atoms with van der Waals surface area (Å²) in [5.41, 5.74) is 1.13. The van der Waals surface area contributed by atoms with Gasteiger partial charge in [-0.05, 0) is 12.0 Å². The van der Waals surface area contributed by atoms with Gasteiger partial charge in [0.1, 0.15) is 0 Å². The summed E-state index contributed by atoms with van der Waals surface area (Å²) in [5.74, 6) is -0.0830. The van der Waals surface area contributed by atoms with Gasteiger partial charge < -0.3 is 14.9 Å². The van der Waals surface area contributed by atoms with Gasteiger partial charge in [-0.2, -0.15) is 0 Å². The molecule has 0 radical (unpaired) electrons. The lowest BCUT2D eigenvalue weighted by atomic mass is 10.0. The van der Waals surface area contributed by atoms with Crippen molar-refractivity contribution in [3.8, 4) is 0 Å². The molecular formula is C13H20O3. The summed E-state index contributed by atoms with van der Waals surface area (Å²) in [6.07, 6.45) is 0.0787. The molecule has 0 spiro atoms. The molecule has 3 heteroatoms. The van der Waals surface area contributed by atoms with E-state index >= 15 is 0 Å². The average Bonchev–Trinajstić information content (AvgIpc) is 2.34. The van der Waals surface area contributed by atoms with Gasteiger partial charge in [0.15, 0.2) is 0 Å². The summed E-state index contributed by atoms with van der Waals surface area (Å²) in [5, 5.41) is 18.4. The van der Waals surface area contributed by atoms with Crippen LogP contribution < -0.4 is 0 Å². The second-order valence-corrected chi connectivity index (χ2v) is 4.05. The predicted octanol–water partition coefficient (Wildman–Crippen LogP) is 1.58. The van der Waals surface area contributed by atoms with Gasteiger partial charge in [-0.15, -0.1) is 0 Å². The van der Waals surface area contributed by atoms with Gasteiger partial charge in [-0.3, -0.25) is 0 Å². The molecular weight excluding hydrogens is 204 g/mol. The van der Waals surface area contributed by atoms with E-state index in [-0.39, 0.29) is 12.5 Å². The number of ether oxygens (including phenoxy) is 1. The molecule has 3 nitrogen and oxygen atoms in total. The van der Waals surface area contributed by atoms with E-state index < -0.39 is 6.10 Å². The van der Waals surface area contributed by atoms with Crippen LogP contribution in [0.4, 0.5) is 0 Å². The Kier molecular flexibility index (Phi) is 6.08. The molecule has 0 aromatic heterocycles. The normalized spacial score (nSPS) is 14.7. The van der Waals surface area contributed by atoms with Gasteiger partial charge >= 0.3 is 0 Å². The van der Waals surface area contributed by atoms with Crippen LogP contribution in [0, 0.1) is 5.92 Å². The highest BCUT2D eigenvalue weighted by molar-refractivity contribution is 5.13. The van der Waals surface area contributed by atoms with Crippen LogP contribution in [-0.2, 0) is 11.3 Å². The standard InChI is InChI=1S/C13H20O3/c1-11(9-14)13(15)7-8-16-10-12-5-3-2-4-6-12/h2-6,11,13-15H,7-10H2,1H3/t11-,13-/m0/s1. The lowest BCUT2D eigenvalue weighted by molar-refractivity contribution is 0.0325. The average molecular weight is 224 g/mol. The zero-order chi connectivity index (χ0) is 11.8. The molecule has 0 aliphatic heterocycles. The van der Waals surface area contributed by atoms with E-state index in [9.17, 15) is 5.11 Å². The van der Waals surface area contributed by atoms with E-state index in [2.05, 4.69) is 0 Å². The first kappa shape index (κ1) is 13.2. The predicted molar refractivity (Wildman–Crippen MR) is 63.0 cm³/mol. The number of aliphatic hydroxyl groups is 2. The Labute approximate surface area is 96.7 Å². The Bertz CT molecular complexity index is 274. The van der Waals surface area contributed by atoms with Crippen molar-refractivity contribution in [3.05, 3.63) is 35.9 Å². The number of rotatable bonds is 7. The molecule has 0 aliphatic rings. The van der Waals surface area contributed by atoms with E-state index in [0.29, 0.717) is 19.6 Å². The molecule has 0 unspecified atom stereocenters. The molecule has 16 heavy (non-hydrogen) atoms. The fourth-order valence-corrected chi connectivity index (χ4v) is 1.37. The third-order valence-corrected chi connectivity index (χ3v) is 2.61. The highest BCUT2D eigenvalue weighted by Crippen LogP contribution is 2.07. The second kappa shape index (κ2) is 7.39. The van der Waals surface area contributed by atoms with Crippen LogP contribution in [0.15, 0.2) is 30.3 Å². The van der Waals surface area contributed by atoms with Gasteiger partial charge in [0.25, 0.3) is 0 Å². The maximum atomic E-state index is 9.57. The first-order chi connectivity index (χ1) is 7.74. The van der Waals surface area contributed by atoms with Gasteiger partial charge in [0.05, 0.1) is 12.7 Å². The summed E-state index contributed by atoms with van der Waals surface area (Å²) >= 11 is 0. The van der Waals surface area contributed by atoms with Crippen molar-refractivity contribution in [1.29, 1.82) is 0 Å². The summed E-state index contributed by atoms with van der Waals surface area (Å²) in [7, 11) is 0. The zero-order valence-corrected chi connectivity index (χ0v) is 9.67. The highest BCUT2D eigenvalue weighted by atomic mass is 16.5. The Morgan fingerprint density at radius 2 is 1.94 bits per heavy atom. The summed E-state index contributed by atoms with van der Waals surface area (Å²) in [6, 6.07) is 9.93. The summed E-state index contributed by atoms with van der Waals surface area (Å²) in [6.45, 7) is 2.92. The smallest absolute Gasteiger partial charge is 0.0716 e. The maximum Gasteiger partial charge on any atom is 0.0716 e. The summed E-state index contributed by atoms with van der Waals surface area (Å²) in [4.78, 5) is 0. The molecule has 0 saturated heterocycles. The third kappa shape index (κ3) is 4.75. The van der Waals surface area contributed by atoms with E-state index in [4.69, 9.17) is 9.84 Å².